The Balaban J connectivity index is 1.51. The second-order valence-electron chi connectivity index (χ2n) is 9.56. The lowest BCUT2D eigenvalue weighted by molar-refractivity contribution is -0.224. The highest BCUT2D eigenvalue weighted by Crippen LogP contribution is 2.59. The van der Waals surface area contributed by atoms with Crippen LogP contribution in [0.4, 0.5) is 0 Å². The largest absolute Gasteiger partial charge is 0.472 e. The molecule has 2 saturated carbocycles. The normalized spacial score (nSPS) is 38.7. The van der Waals surface area contributed by atoms with Gasteiger partial charge in [0.2, 0.25) is 0 Å². The molecular weight excluding hydrogens is 414 g/mol. The molecule has 0 aromatic heterocycles. The maximum Gasteiger partial charge on any atom is 0.167 e. The molecule has 4 heteroatoms. The van der Waals surface area contributed by atoms with Gasteiger partial charge >= 0.3 is 0 Å². The Morgan fingerprint density at radius 2 is 1.82 bits per heavy atom. The summed E-state index contributed by atoms with van der Waals surface area (Å²) in [6.07, 6.45) is 11.5. The Hall–Kier alpha value is -0.840. The van der Waals surface area contributed by atoms with Crippen LogP contribution in [0.3, 0.4) is 0 Å². The summed E-state index contributed by atoms with van der Waals surface area (Å²) >= 11 is 3.56. The van der Waals surface area contributed by atoms with E-state index in [1.165, 1.54) is 44.1 Å². The Morgan fingerprint density at radius 3 is 2.61 bits per heavy atom. The predicted octanol–water partition coefficient (Wildman–Crippen LogP) is 5.85. The van der Waals surface area contributed by atoms with E-state index in [4.69, 9.17) is 9.47 Å². The number of allylic oxidation sites excluding steroid dienone is 1. The molecule has 5 rings (SSSR count). The third-order valence-electron chi connectivity index (χ3n) is 7.98. The first-order valence-corrected chi connectivity index (χ1v) is 11.9. The van der Waals surface area contributed by atoms with Gasteiger partial charge in [0.1, 0.15) is 5.76 Å². The number of benzene rings is 1. The minimum Gasteiger partial charge on any atom is -0.472 e. The predicted molar refractivity (Wildman–Crippen MR) is 116 cm³/mol. The highest BCUT2D eigenvalue weighted by atomic mass is 79.9. The number of nitrogens with zero attached hydrogens (tertiary/aromatic N) is 1. The number of morpholine rings is 1. The van der Waals surface area contributed by atoms with E-state index < -0.39 is 0 Å². The highest BCUT2D eigenvalue weighted by molar-refractivity contribution is 9.10. The molecule has 2 aliphatic carbocycles. The molecule has 152 valence electrons. The monoisotopic (exact) mass is 445 g/mol. The smallest absolute Gasteiger partial charge is 0.167 e. The van der Waals surface area contributed by atoms with E-state index in [2.05, 4.69) is 58.1 Å². The lowest BCUT2D eigenvalue weighted by Gasteiger charge is -2.61. The number of ether oxygens (including phenoxy) is 2. The third kappa shape index (κ3) is 3.26. The summed E-state index contributed by atoms with van der Waals surface area (Å²) in [5, 5.41) is 0. The van der Waals surface area contributed by atoms with Crippen LogP contribution >= 0.6 is 15.9 Å². The van der Waals surface area contributed by atoms with Crippen molar-refractivity contribution in [3.8, 4) is 0 Å². The van der Waals surface area contributed by atoms with Crippen molar-refractivity contribution in [2.45, 2.75) is 57.6 Å². The fourth-order valence-electron chi connectivity index (χ4n) is 6.39. The minimum absolute atomic E-state index is 0.150. The van der Waals surface area contributed by atoms with E-state index in [-0.39, 0.29) is 5.72 Å². The van der Waals surface area contributed by atoms with Crippen molar-refractivity contribution in [2.24, 2.45) is 17.3 Å². The van der Waals surface area contributed by atoms with Gasteiger partial charge in [-0.05, 0) is 55.2 Å². The minimum atomic E-state index is -0.150. The first-order chi connectivity index (χ1) is 13.6. The van der Waals surface area contributed by atoms with E-state index in [0.29, 0.717) is 11.3 Å². The van der Waals surface area contributed by atoms with Crippen LogP contribution in [-0.2, 0) is 9.47 Å². The standard InChI is InChI=1S/C24H32BrNO2/c1-23-11-3-2-4-19(23)17-24(26-12-14-27-15-13-26)20(16-23)7-10-22(28-24)18-5-8-21(25)9-6-18/h5-6,8-10,19-20H,2-4,7,11-17H2,1H3. The van der Waals surface area contributed by atoms with Crippen molar-refractivity contribution in [3.63, 3.8) is 0 Å². The Labute approximate surface area is 177 Å². The molecule has 0 radical (unpaired) electrons. The molecule has 3 fully saturated rings. The Morgan fingerprint density at radius 1 is 1.04 bits per heavy atom. The zero-order valence-corrected chi connectivity index (χ0v) is 18.5. The van der Waals surface area contributed by atoms with Gasteiger partial charge in [0.05, 0.1) is 13.2 Å². The third-order valence-corrected chi connectivity index (χ3v) is 8.50. The maximum absolute atomic E-state index is 7.05. The summed E-state index contributed by atoms with van der Waals surface area (Å²) in [7, 11) is 0. The second kappa shape index (κ2) is 7.45. The molecule has 1 aromatic carbocycles. The number of halogens is 1. The number of rotatable bonds is 2. The summed E-state index contributed by atoms with van der Waals surface area (Å²) in [6.45, 7) is 6.21. The number of hydrogen-bond donors (Lipinski definition) is 0. The topological polar surface area (TPSA) is 21.7 Å². The molecule has 0 N–H and O–H groups in total. The first-order valence-electron chi connectivity index (χ1n) is 11.1. The van der Waals surface area contributed by atoms with Crippen LogP contribution in [0, 0.1) is 17.3 Å². The molecule has 0 amide bonds. The van der Waals surface area contributed by atoms with Crippen molar-refractivity contribution in [1.82, 2.24) is 4.90 Å². The first kappa shape index (κ1) is 19.1. The highest BCUT2D eigenvalue weighted by Gasteiger charge is 2.58. The van der Waals surface area contributed by atoms with Gasteiger partial charge in [0.15, 0.2) is 5.72 Å². The van der Waals surface area contributed by atoms with Gasteiger partial charge in [-0.15, -0.1) is 0 Å². The van der Waals surface area contributed by atoms with Crippen LogP contribution in [0.5, 0.6) is 0 Å². The summed E-state index contributed by atoms with van der Waals surface area (Å²) in [5.41, 5.74) is 1.55. The summed E-state index contributed by atoms with van der Waals surface area (Å²) in [6, 6.07) is 8.59. The molecule has 2 heterocycles. The van der Waals surface area contributed by atoms with Crippen LogP contribution in [0.2, 0.25) is 0 Å². The van der Waals surface area contributed by atoms with E-state index in [1.54, 1.807) is 0 Å². The van der Waals surface area contributed by atoms with Gasteiger partial charge in [-0.25, -0.2) is 0 Å². The van der Waals surface area contributed by atoms with Crippen LogP contribution in [0.15, 0.2) is 34.8 Å². The van der Waals surface area contributed by atoms with Crippen molar-refractivity contribution < 1.29 is 9.47 Å². The molecule has 2 aliphatic heterocycles. The lowest BCUT2D eigenvalue weighted by Crippen LogP contribution is -2.64. The molecule has 0 bridgehead atoms. The van der Waals surface area contributed by atoms with E-state index >= 15 is 0 Å². The van der Waals surface area contributed by atoms with Crippen molar-refractivity contribution in [3.05, 3.63) is 40.4 Å². The van der Waals surface area contributed by atoms with Crippen LogP contribution < -0.4 is 0 Å². The molecule has 0 spiro atoms. The molecule has 4 atom stereocenters. The number of hydrogen-bond acceptors (Lipinski definition) is 3. The van der Waals surface area contributed by atoms with Gasteiger partial charge < -0.3 is 9.47 Å². The van der Waals surface area contributed by atoms with Crippen LogP contribution in [0.25, 0.3) is 5.76 Å². The zero-order chi connectivity index (χ0) is 19.2. The fraction of sp³-hybridized carbons (Fsp3) is 0.667. The van der Waals surface area contributed by atoms with Gasteiger partial charge in [0.25, 0.3) is 0 Å². The summed E-state index contributed by atoms with van der Waals surface area (Å²) < 4.78 is 13.9. The molecule has 1 saturated heterocycles. The average molecular weight is 446 g/mol. The zero-order valence-electron chi connectivity index (χ0n) is 17.0. The Kier molecular flexibility index (Phi) is 5.09. The molecule has 4 aliphatic rings. The quantitative estimate of drug-likeness (QED) is 0.569. The van der Waals surface area contributed by atoms with Crippen molar-refractivity contribution >= 4 is 21.7 Å². The van der Waals surface area contributed by atoms with Gasteiger partial charge in [-0.3, -0.25) is 4.90 Å². The summed E-state index contributed by atoms with van der Waals surface area (Å²) in [5.74, 6) is 2.45. The average Bonchev–Trinajstić information content (AvgIpc) is 2.73. The fourth-order valence-corrected chi connectivity index (χ4v) is 6.65. The van der Waals surface area contributed by atoms with Gasteiger partial charge in [0, 0.05) is 35.5 Å². The van der Waals surface area contributed by atoms with E-state index in [0.717, 1.165) is 48.9 Å². The van der Waals surface area contributed by atoms with E-state index in [9.17, 15) is 0 Å². The number of fused-ring (bicyclic) bond motifs is 2. The molecule has 3 nitrogen and oxygen atoms in total. The van der Waals surface area contributed by atoms with Gasteiger partial charge in [-0.1, -0.05) is 47.8 Å². The second-order valence-corrected chi connectivity index (χ2v) is 10.5. The van der Waals surface area contributed by atoms with Crippen molar-refractivity contribution in [2.75, 3.05) is 26.3 Å². The maximum atomic E-state index is 7.05. The van der Waals surface area contributed by atoms with Crippen LogP contribution in [0.1, 0.15) is 57.4 Å². The lowest BCUT2D eigenvalue weighted by atomic mass is 9.54. The van der Waals surface area contributed by atoms with Gasteiger partial charge in [-0.2, -0.15) is 0 Å². The molecule has 28 heavy (non-hydrogen) atoms. The summed E-state index contributed by atoms with van der Waals surface area (Å²) in [4.78, 5) is 2.64. The molecular formula is C24H32BrNO2. The van der Waals surface area contributed by atoms with Crippen molar-refractivity contribution in [1.29, 1.82) is 0 Å². The SMILES string of the molecule is CC12CCCCC1CC1(N3CCOCC3)OC(c3ccc(Br)cc3)=CCC1C2. The molecule has 4 unspecified atom stereocenters. The van der Waals surface area contributed by atoms with E-state index in [1.807, 2.05) is 0 Å². The van der Waals surface area contributed by atoms with Crippen LogP contribution in [-0.4, -0.2) is 36.9 Å². The Bertz CT molecular complexity index is 741. The molecule has 1 aromatic rings.